The Morgan fingerprint density at radius 2 is 1.83 bits per heavy atom. The van der Waals surface area contributed by atoms with Crippen LogP contribution in [0.25, 0.3) is 0 Å². The Bertz CT molecular complexity index is 114. The summed E-state index contributed by atoms with van der Waals surface area (Å²) in [5.41, 5.74) is 0. The predicted octanol–water partition coefficient (Wildman–Crippen LogP) is 4.54. The van der Waals surface area contributed by atoms with E-state index in [1.54, 1.807) is 0 Å². The van der Waals surface area contributed by atoms with Crippen molar-refractivity contribution in [3.63, 3.8) is 0 Å². The van der Waals surface area contributed by atoms with Crippen molar-refractivity contribution < 1.29 is 0 Å². The number of rotatable bonds is 6. The molecule has 0 radical (unpaired) electrons. The first kappa shape index (κ1) is 12.2. The molecule has 0 rings (SSSR count). The zero-order chi connectivity index (χ0) is 9.40. The molecule has 0 saturated heterocycles. The molecular formula is C11H21Br. The molecule has 72 valence electrons. The van der Waals surface area contributed by atoms with Crippen LogP contribution in [0.3, 0.4) is 0 Å². The molecule has 0 amide bonds. The van der Waals surface area contributed by atoms with Crippen molar-refractivity contribution in [1.82, 2.24) is 0 Å². The zero-order valence-corrected chi connectivity index (χ0v) is 10.1. The Hall–Kier alpha value is 0.220. The molecule has 0 aliphatic carbocycles. The van der Waals surface area contributed by atoms with Gasteiger partial charge in [-0.15, -0.1) is 0 Å². The topological polar surface area (TPSA) is 0 Å². The lowest BCUT2D eigenvalue weighted by molar-refractivity contribution is 0.660. The highest BCUT2D eigenvalue weighted by molar-refractivity contribution is 9.09. The van der Waals surface area contributed by atoms with Crippen LogP contribution in [0.2, 0.25) is 0 Å². The van der Waals surface area contributed by atoms with Gasteiger partial charge in [0.25, 0.3) is 0 Å². The van der Waals surface area contributed by atoms with Crippen molar-refractivity contribution in [3.8, 4) is 0 Å². The van der Waals surface area contributed by atoms with Crippen LogP contribution in [0, 0.1) is 5.92 Å². The minimum atomic E-state index is 0.677. The summed E-state index contributed by atoms with van der Waals surface area (Å²) in [7, 11) is 0. The molecule has 0 aliphatic rings. The average Bonchev–Trinajstić information content (AvgIpc) is 1.95. The van der Waals surface area contributed by atoms with Crippen LogP contribution in [0.5, 0.6) is 0 Å². The van der Waals surface area contributed by atoms with Gasteiger partial charge < -0.3 is 0 Å². The molecule has 0 spiro atoms. The Balaban J connectivity index is 3.13. The van der Waals surface area contributed by atoms with Crippen LogP contribution in [-0.4, -0.2) is 4.83 Å². The highest BCUT2D eigenvalue weighted by Crippen LogP contribution is 2.09. The molecule has 1 atom stereocenters. The maximum Gasteiger partial charge on any atom is 0.0117 e. The molecule has 0 aromatic heterocycles. The first-order valence-corrected chi connectivity index (χ1v) is 5.83. The third kappa shape index (κ3) is 10.2. The Kier molecular flexibility index (Phi) is 7.99. The van der Waals surface area contributed by atoms with Crippen LogP contribution in [0.1, 0.15) is 46.5 Å². The average molecular weight is 233 g/mol. The summed E-state index contributed by atoms with van der Waals surface area (Å²) in [6.45, 7) is 6.72. The lowest BCUT2D eigenvalue weighted by Gasteiger charge is -1.99. The van der Waals surface area contributed by atoms with Gasteiger partial charge in [0.05, 0.1) is 0 Å². The van der Waals surface area contributed by atoms with Gasteiger partial charge in [0.15, 0.2) is 0 Å². The zero-order valence-electron chi connectivity index (χ0n) is 8.52. The molecule has 12 heavy (non-hydrogen) atoms. The predicted molar refractivity (Wildman–Crippen MR) is 60.8 cm³/mol. The van der Waals surface area contributed by atoms with E-state index in [2.05, 4.69) is 48.9 Å². The molecular weight excluding hydrogens is 212 g/mol. The summed E-state index contributed by atoms with van der Waals surface area (Å²) >= 11 is 3.54. The highest BCUT2D eigenvalue weighted by Gasteiger charge is 1.93. The van der Waals surface area contributed by atoms with Gasteiger partial charge in [-0.25, -0.2) is 0 Å². The number of halogens is 1. The van der Waals surface area contributed by atoms with Crippen molar-refractivity contribution in [2.75, 3.05) is 0 Å². The van der Waals surface area contributed by atoms with E-state index in [9.17, 15) is 0 Å². The second kappa shape index (κ2) is 7.85. The summed E-state index contributed by atoms with van der Waals surface area (Å²) in [6, 6.07) is 0. The van der Waals surface area contributed by atoms with Crippen LogP contribution < -0.4 is 0 Å². The first-order chi connectivity index (χ1) is 5.63. The summed E-state index contributed by atoms with van der Waals surface area (Å²) in [6.07, 6.45) is 9.68. The van der Waals surface area contributed by atoms with Crippen LogP contribution >= 0.6 is 15.9 Å². The van der Waals surface area contributed by atoms with Crippen molar-refractivity contribution in [2.24, 2.45) is 5.92 Å². The van der Waals surface area contributed by atoms with Gasteiger partial charge in [-0.2, -0.15) is 0 Å². The minimum Gasteiger partial charge on any atom is -0.0894 e. The van der Waals surface area contributed by atoms with Gasteiger partial charge in [0, 0.05) is 4.83 Å². The fourth-order valence-electron chi connectivity index (χ4n) is 1.00. The standard InChI is InChI=1S/C11H21Br/c1-10(2)8-6-4-5-7-9-11(3)12/h4,6,10-11H,5,7-9H2,1-3H3. The van der Waals surface area contributed by atoms with Gasteiger partial charge in [0.1, 0.15) is 0 Å². The second-order valence-corrected chi connectivity index (χ2v) is 5.38. The molecule has 1 heteroatoms. The third-order valence-corrected chi connectivity index (χ3v) is 2.20. The van der Waals surface area contributed by atoms with E-state index < -0.39 is 0 Å². The van der Waals surface area contributed by atoms with Gasteiger partial charge in [-0.1, -0.05) is 48.9 Å². The van der Waals surface area contributed by atoms with Gasteiger partial charge in [0.2, 0.25) is 0 Å². The Labute approximate surface area is 85.6 Å². The Morgan fingerprint density at radius 1 is 1.17 bits per heavy atom. The minimum absolute atomic E-state index is 0.677. The molecule has 0 bridgehead atoms. The van der Waals surface area contributed by atoms with E-state index in [0.29, 0.717) is 4.83 Å². The van der Waals surface area contributed by atoms with Crippen LogP contribution in [-0.2, 0) is 0 Å². The molecule has 0 saturated carbocycles. The fraction of sp³-hybridized carbons (Fsp3) is 0.818. The number of alkyl halides is 1. The van der Waals surface area contributed by atoms with Crippen LogP contribution in [0.15, 0.2) is 12.2 Å². The smallest absolute Gasteiger partial charge is 0.0117 e. The van der Waals surface area contributed by atoms with E-state index in [1.165, 1.54) is 25.7 Å². The summed E-state index contributed by atoms with van der Waals surface area (Å²) in [5, 5.41) is 0. The first-order valence-electron chi connectivity index (χ1n) is 4.92. The lowest BCUT2D eigenvalue weighted by Crippen LogP contribution is -1.88. The number of hydrogen-bond acceptors (Lipinski definition) is 0. The molecule has 1 unspecified atom stereocenters. The van der Waals surface area contributed by atoms with E-state index in [-0.39, 0.29) is 0 Å². The summed E-state index contributed by atoms with van der Waals surface area (Å²) in [4.78, 5) is 0.677. The SMILES string of the molecule is CC(C)CC=CCCCC(C)Br. The number of hydrogen-bond donors (Lipinski definition) is 0. The molecule has 0 heterocycles. The molecule has 0 N–H and O–H groups in total. The van der Waals surface area contributed by atoms with Crippen molar-refractivity contribution >= 4 is 15.9 Å². The van der Waals surface area contributed by atoms with Gasteiger partial charge in [-0.3, -0.25) is 0 Å². The van der Waals surface area contributed by atoms with Crippen molar-refractivity contribution in [2.45, 2.75) is 51.3 Å². The largest absolute Gasteiger partial charge is 0.0894 e. The Morgan fingerprint density at radius 3 is 2.33 bits per heavy atom. The van der Waals surface area contributed by atoms with E-state index in [4.69, 9.17) is 0 Å². The second-order valence-electron chi connectivity index (χ2n) is 3.81. The molecule has 0 aromatic carbocycles. The van der Waals surface area contributed by atoms with Crippen LogP contribution in [0.4, 0.5) is 0 Å². The summed E-state index contributed by atoms with van der Waals surface area (Å²) in [5.74, 6) is 0.802. The van der Waals surface area contributed by atoms with Gasteiger partial charge in [-0.05, 0) is 31.6 Å². The molecule has 0 aromatic rings. The lowest BCUT2D eigenvalue weighted by atomic mass is 10.1. The molecule has 0 nitrogen and oxygen atoms in total. The number of unbranched alkanes of at least 4 members (excludes halogenated alkanes) is 1. The third-order valence-electron chi connectivity index (χ3n) is 1.75. The van der Waals surface area contributed by atoms with E-state index >= 15 is 0 Å². The fourth-order valence-corrected chi connectivity index (χ4v) is 1.33. The normalized spacial score (nSPS) is 14.4. The van der Waals surface area contributed by atoms with Crippen molar-refractivity contribution in [1.29, 1.82) is 0 Å². The van der Waals surface area contributed by atoms with E-state index in [0.717, 1.165) is 5.92 Å². The monoisotopic (exact) mass is 232 g/mol. The summed E-state index contributed by atoms with van der Waals surface area (Å²) < 4.78 is 0. The maximum absolute atomic E-state index is 3.54. The van der Waals surface area contributed by atoms with Crippen molar-refractivity contribution in [3.05, 3.63) is 12.2 Å². The quantitative estimate of drug-likeness (QED) is 0.359. The van der Waals surface area contributed by atoms with Gasteiger partial charge >= 0.3 is 0 Å². The molecule has 0 fully saturated rings. The maximum atomic E-state index is 3.54. The highest BCUT2D eigenvalue weighted by atomic mass is 79.9. The number of allylic oxidation sites excluding steroid dienone is 2. The molecule has 0 aliphatic heterocycles. The van der Waals surface area contributed by atoms with E-state index in [1.807, 2.05) is 0 Å².